The summed E-state index contributed by atoms with van der Waals surface area (Å²) in [5, 5.41) is 10.7. The fourth-order valence-corrected chi connectivity index (χ4v) is 2.19. The van der Waals surface area contributed by atoms with Crippen molar-refractivity contribution in [2.24, 2.45) is 0 Å². The molecule has 0 atom stereocenters. The Morgan fingerprint density at radius 3 is 3.13 bits per heavy atom. The summed E-state index contributed by atoms with van der Waals surface area (Å²) in [5.74, 6) is 0.579. The van der Waals surface area contributed by atoms with Crippen molar-refractivity contribution in [2.75, 3.05) is 7.11 Å². The van der Waals surface area contributed by atoms with Crippen LogP contribution in [0.3, 0.4) is 0 Å². The van der Waals surface area contributed by atoms with Crippen LogP contribution in [0.1, 0.15) is 11.3 Å². The molecule has 1 aromatic carbocycles. The average molecular weight is 308 g/mol. The van der Waals surface area contributed by atoms with Crippen LogP contribution in [0.5, 0.6) is 5.75 Å². The van der Waals surface area contributed by atoms with Crippen LogP contribution in [0.4, 0.5) is 0 Å². The summed E-state index contributed by atoms with van der Waals surface area (Å²) < 4.78 is 5.15. The van der Waals surface area contributed by atoms with Gasteiger partial charge in [-0.2, -0.15) is 5.10 Å². The maximum atomic E-state index is 11.9. The van der Waals surface area contributed by atoms with E-state index in [0.29, 0.717) is 17.9 Å². The van der Waals surface area contributed by atoms with Crippen LogP contribution in [-0.2, 0) is 11.3 Å². The van der Waals surface area contributed by atoms with Gasteiger partial charge >= 0.3 is 0 Å². The highest BCUT2D eigenvalue weighted by molar-refractivity contribution is 5.94. The first kappa shape index (κ1) is 14.8. The number of aromatic nitrogens is 3. The SMILES string of the molecule is COc1cccc(CNC(=O)/C=C/c2n[nH]c3ncccc23)c1. The van der Waals surface area contributed by atoms with E-state index in [0.717, 1.165) is 16.7 Å². The monoisotopic (exact) mass is 308 g/mol. The van der Waals surface area contributed by atoms with Gasteiger partial charge in [0.1, 0.15) is 5.75 Å². The zero-order chi connectivity index (χ0) is 16.1. The first-order valence-corrected chi connectivity index (χ1v) is 7.14. The van der Waals surface area contributed by atoms with Gasteiger partial charge in [-0.05, 0) is 35.9 Å². The number of hydrogen-bond acceptors (Lipinski definition) is 4. The quantitative estimate of drug-likeness (QED) is 0.709. The van der Waals surface area contributed by atoms with Crippen molar-refractivity contribution in [2.45, 2.75) is 6.54 Å². The smallest absolute Gasteiger partial charge is 0.244 e. The van der Waals surface area contributed by atoms with Crippen molar-refractivity contribution in [3.63, 3.8) is 0 Å². The molecule has 23 heavy (non-hydrogen) atoms. The number of benzene rings is 1. The van der Waals surface area contributed by atoms with E-state index in [1.54, 1.807) is 19.4 Å². The highest BCUT2D eigenvalue weighted by atomic mass is 16.5. The highest BCUT2D eigenvalue weighted by Gasteiger charge is 2.03. The number of carbonyl (C=O) groups is 1. The summed E-state index contributed by atoms with van der Waals surface area (Å²) in [6.45, 7) is 0.434. The molecule has 0 saturated carbocycles. The third-order valence-corrected chi connectivity index (χ3v) is 3.36. The second kappa shape index (κ2) is 6.74. The van der Waals surface area contributed by atoms with Crippen LogP contribution >= 0.6 is 0 Å². The van der Waals surface area contributed by atoms with E-state index in [-0.39, 0.29) is 5.91 Å². The summed E-state index contributed by atoms with van der Waals surface area (Å²) in [6, 6.07) is 11.3. The molecule has 0 aliphatic rings. The lowest BCUT2D eigenvalue weighted by Gasteiger charge is -2.05. The molecule has 2 N–H and O–H groups in total. The molecular weight excluding hydrogens is 292 g/mol. The van der Waals surface area contributed by atoms with Gasteiger partial charge < -0.3 is 10.1 Å². The number of carbonyl (C=O) groups excluding carboxylic acids is 1. The van der Waals surface area contributed by atoms with Crippen molar-refractivity contribution in [3.05, 3.63) is 59.9 Å². The minimum absolute atomic E-state index is 0.187. The Bertz CT molecular complexity index is 854. The maximum absolute atomic E-state index is 11.9. The van der Waals surface area contributed by atoms with Crippen LogP contribution in [0, 0.1) is 0 Å². The molecule has 1 amide bonds. The van der Waals surface area contributed by atoms with E-state index in [1.165, 1.54) is 6.08 Å². The normalized spacial score (nSPS) is 11.0. The van der Waals surface area contributed by atoms with Gasteiger partial charge in [0.05, 0.1) is 12.8 Å². The van der Waals surface area contributed by atoms with Crippen LogP contribution in [-0.4, -0.2) is 28.2 Å². The van der Waals surface area contributed by atoms with Crippen molar-refractivity contribution in [3.8, 4) is 5.75 Å². The number of pyridine rings is 1. The summed E-state index contributed by atoms with van der Waals surface area (Å²) in [6.07, 6.45) is 4.82. The summed E-state index contributed by atoms with van der Waals surface area (Å²) in [4.78, 5) is 16.1. The van der Waals surface area contributed by atoms with Gasteiger partial charge in [-0.25, -0.2) is 4.98 Å². The number of H-pyrrole nitrogens is 1. The molecule has 0 aliphatic carbocycles. The summed E-state index contributed by atoms with van der Waals surface area (Å²) in [5.41, 5.74) is 2.36. The van der Waals surface area contributed by atoms with Gasteiger partial charge in [0, 0.05) is 24.2 Å². The van der Waals surface area contributed by atoms with Crippen molar-refractivity contribution < 1.29 is 9.53 Å². The molecule has 0 fully saturated rings. The molecule has 0 aliphatic heterocycles. The minimum atomic E-state index is -0.187. The number of methoxy groups -OCH3 is 1. The largest absolute Gasteiger partial charge is 0.497 e. The third-order valence-electron chi connectivity index (χ3n) is 3.36. The van der Waals surface area contributed by atoms with E-state index in [9.17, 15) is 4.79 Å². The number of rotatable bonds is 5. The molecule has 6 heteroatoms. The zero-order valence-electron chi connectivity index (χ0n) is 12.6. The number of nitrogens with zero attached hydrogens (tertiary/aromatic N) is 2. The van der Waals surface area contributed by atoms with Gasteiger partial charge in [-0.15, -0.1) is 0 Å². The lowest BCUT2D eigenvalue weighted by Crippen LogP contribution is -2.20. The van der Waals surface area contributed by atoms with Crippen LogP contribution in [0.15, 0.2) is 48.7 Å². The number of fused-ring (bicyclic) bond motifs is 1. The summed E-state index contributed by atoms with van der Waals surface area (Å²) >= 11 is 0. The predicted octanol–water partition coefficient (Wildman–Crippen LogP) is 2.30. The molecule has 2 aromatic heterocycles. The molecule has 2 heterocycles. The maximum Gasteiger partial charge on any atom is 0.244 e. The molecule has 3 rings (SSSR count). The number of amides is 1. The Kier molecular flexibility index (Phi) is 4.33. The first-order valence-electron chi connectivity index (χ1n) is 7.14. The molecule has 0 radical (unpaired) electrons. The number of hydrogen-bond donors (Lipinski definition) is 2. The van der Waals surface area contributed by atoms with Crippen LogP contribution in [0.2, 0.25) is 0 Å². The second-order valence-electron chi connectivity index (χ2n) is 4.91. The fraction of sp³-hybridized carbons (Fsp3) is 0.118. The zero-order valence-corrected chi connectivity index (χ0v) is 12.6. The Balaban J connectivity index is 1.62. The number of ether oxygens (including phenoxy) is 1. The minimum Gasteiger partial charge on any atom is -0.497 e. The molecule has 0 bridgehead atoms. The van der Waals surface area contributed by atoms with E-state index >= 15 is 0 Å². The van der Waals surface area contributed by atoms with Crippen LogP contribution < -0.4 is 10.1 Å². The van der Waals surface area contributed by atoms with Crippen molar-refractivity contribution in [1.29, 1.82) is 0 Å². The lowest BCUT2D eigenvalue weighted by atomic mass is 10.2. The van der Waals surface area contributed by atoms with Gasteiger partial charge in [0.25, 0.3) is 0 Å². The molecule has 0 unspecified atom stereocenters. The van der Waals surface area contributed by atoms with E-state index in [2.05, 4.69) is 20.5 Å². The Labute approximate surface area is 133 Å². The van der Waals surface area contributed by atoms with E-state index in [4.69, 9.17) is 4.74 Å². The van der Waals surface area contributed by atoms with Crippen molar-refractivity contribution in [1.82, 2.24) is 20.5 Å². The molecule has 3 aromatic rings. The highest BCUT2D eigenvalue weighted by Crippen LogP contribution is 2.14. The summed E-state index contributed by atoms with van der Waals surface area (Å²) in [7, 11) is 1.61. The molecule has 116 valence electrons. The first-order chi connectivity index (χ1) is 11.3. The molecule has 6 nitrogen and oxygen atoms in total. The van der Waals surface area contributed by atoms with Gasteiger partial charge in [0.2, 0.25) is 5.91 Å². The number of nitrogens with one attached hydrogen (secondary N) is 2. The Hall–Kier alpha value is -3.15. The standard InChI is InChI=1S/C17H16N4O2/c1-23-13-5-2-4-12(10-13)11-19-16(22)8-7-15-14-6-3-9-18-17(14)21-20-15/h2-10H,11H2,1H3,(H,19,22)(H,18,20,21)/b8-7+. The molecular formula is C17H16N4O2. The number of aromatic amines is 1. The van der Waals surface area contributed by atoms with Gasteiger partial charge in [-0.3, -0.25) is 9.89 Å². The lowest BCUT2D eigenvalue weighted by molar-refractivity contribution is -0.116. The Morgan fingerprint density at radius 1 is 1.35 bits per heavy atom. The average Bonchev–Trinajstić information content (AvgIpc) is 3.01. The van der Waals surface area contributed by atoms with E-state index in [1.807, 2.05) is 36.4 Å². The Morgan fingerprint density at radius 2 is 2.26 bits per heavy atom. The van der Waals surface area contributed by atoms with Crippen LogP contribution in [0.25, 0.3) is 17.1 Å². The van der Waals surface area contributed by atoms with E-state index < -0.39 is 0 Å². The van der Waals surface area contributed by atoms with Crippen molar-refractivity contribution >= 4 is 23.0 Å². The predicted molar refractivity (Wildman–Crippen MR) is 87.8 cm³/mol. The topological polar surface area (TPSA) is 79.9 Å². The molecule has 0 spiro atoms. The second-order valence-corrected chi connectivity index (χ2v) is 4.91. The van der Waals surface area contributed by atoms with Gasteiger partial charge in [0.15, 0.2) is 5.65 Å². The molecule has 0 saturated heterocycles. The third kappa shape index (κ3) is 3.55. The fourth-order valence-electron chi connectivity index (χ4n) is 2.19. The van der Waals surface area contributed by atoms with Gasteiger partial charge in [-0.1, -0.05) is 12.1 Å².